The topological polar surface area (TPSA) is 46.1 Å². The summed E-state index contributed by atoms with van der Waals surface area (Å²) >= 11 is 11.8. The van der Waals surface area contributed by atoms with Gasteiger partial charge in [-0.2, -0.15) is 57.1 Å². The van der Waals surface area contributed by atoms with Crippen LogP contribution in [0.15, 0.2) is 12.1 Å². The molecule has 0 bridgehead atoms. The van der Waals surface area contributed by atoms with Gasteiger partial charge in [0.2, 0.25) is 0 Å². The number of halogens is 16. The average Bonchev–Trinajstić information content (AvgIpc) is 3.01. The maximum atomic E-state index is 14.3. The highest BCUT2D eigenvalue weighted by Crippen LogP contribution is 2.60. The van der Waals surface area contributed by atoms with E-state index < -0.39 is 54.7 Å². The number of fused-ring (bicyclic) bond motifs is 1. The number of hydrogen-bond donors (Lipinski definition) is 1. The molecule has 40 heavy (non-hydrogen) atoms. The van der Waals surface area contributed by atoms with Crippen LogP contribution in [0, 0.1) is 6.92 Å². The van der Waals surface area contributed by atoms with Crippen LogP contribution in [0.2, 0.25) is 10.0 Å². The lowest BCUT2D eigenvalue weighted by Gasteiger charge is -2.39. The summed E-state index contributed by atoms with van der Waals surface area (Å²) in [6.07, 6.45) is -10.4. The van der Waals surface area contributed by atoms with Gasteiger partial charge < -0.3 is 22.1 Å². The normalized spacial score (nSPS) is 14.0. The Balaban J connectivity index is 0.00000800. The molecule has 0 radical (unpaired) electrons. The first-order valence-electron chi connectivity index (χ1n) is 10.4. The molecule has 0 aliphatic carbocycles. The first-order valence-corrected chi connectivity index (χ1v) is 11.2. The molecule has 0 atom stereocenters. The molecular weight excluding hydrogens is 698 g/mol. The summed E-state index contributed by atoms with van der Waals surface area (Å²) in [6, 6.07) is 2.20. The quantitative estimate of drug-likeness (QED) is 0.275. The van der Waals surface area contributed by atoms with Crippen LogP contribution >= 0.6 is 23.2 Å². The summed E-state index contributed by atoms with van der Waals surface area (Å²) in [4.78, 5) is 10.8. The summed E-state index contributed by atoms with van der Waals surface area (Å²) in [5, 5.41) is 8.49. The molecule has 2 aromatic rings. The molecule has 0 spiro atoms. The molecule has 0 saturated heterocycles. The Morgan fingerprint density at radius 1 is 0.850 bits per heavy atom. The molecule has 20 heteroatoms. The van der Waals surface area contributed by atoms with E-state index in [4.69, 9.17) is 28.3 Å². The maximum absolute atomic E-state index is 14.3. The summed E-state index contributed by atoms with van der Waals surface area (Å²) in [5.74, 6) is -38.6. The van der Waals surface area contributed by atoms with Crippen molar-refractivity contribution in [1.29, 1.82) is 0 Å². The fourth-order valence-electron chi connectivity index (χ4n) is 3.62. The number of aliphatic carboxylic acids is 1. The lowest BCUT2D eigenvalue weighted by Crippen LogP contribution is -3.00. The van der Waals surface area contributed by atoms with Gasteiger partial charge in [0.05, 0.1) is 29.6 Å². The second-order valence-electron chi connectivity index (χ2n) is 8.35. The molecule has 2 rings (SSSR count). The van der Waals surface area contributed by atoms with Gasteiger partial charge in [0.25, 0.3) is 5.82 Å². The van der Waals surface area contributed by atoms with Gasteiger partial charge in [0, 0.05) is 25.5 Å². The SMILES string of the molecule is Cc1n(CCC(F)(F)C(F)(F)C(F)(F)C(F)(F)C(F)(F)C(F)(F)F)c2cc(Cl)c(Cl)cc2[n+]1CCCC(=O)O.[Br-]. The molecule has 4 nitrogen and oxygen atoms in total. The van der Waals surface area contributed by atoms with E-state index in [-0.39, 0.29) is 63.3 Å². The van der Waals surface area contributed by atoms with Crippen molar-refractivity contribution in [3.8, 4) is 0 Å². The van der Waals surface area contributed by atoms with Gasteiger partial charge in [-0.05, 0) is 6.42 Å². The zero-order valence-corrected chi connectivity index (χ0v) is 22.6. The van der Waals surface area contributed by atoms with Gasteiger partial charge in [0.15, 0.2) is 11.0 Å². The summed E-state index contributed by atoms with van der Waals surface area (Å²) in [6.45, 7) is -0.319. The Kier molecular flexibility index (Phi) is 10.5. The molecule has 0 fully saturated rings. The van der Waals surface area contributed by atoms with Gasteiger partial charge >= 0.3 is 41.8 Å². The number of aromatic nitrogens is 2. The van der Waals surface area contributed by atoms with Crippen molar-refractivity contribution >= 4 is 40.2 Å². The van der Waals surface area contributed by atoms with Crippen LogP contribution in [0.5, 0.6) is 0 Å². The van der Waals surface area contributed by atoms with Crippen LogP contribution < -0.4 is 21.5 Å². The molecular formula is C20H16BrCl2F13N2O2. The number of carboxylic acid groups (broad SMARTS) is 1. The second kappa shape index (κ2) is 11.5. The zero-order chi connectivity index (χ0) is 30.6. The fraction of sp³-hybridized carbons (Fsp3) is 0.600. The first kappa shape index (κ1) is 36.3. The van der Waals surface area contributed by atoms with Crippen molar-refractivity contribution < 1.29 is 88.5 Å². The smallest absolute Gasteiger partial charge is 0.460 e. The standard InChI is InChI=1S/C20H15Cl2F13N2O2.BrH/c1-9-36(5-2-3-14(38)39)12-7-10(21)11(22)8-13(12)37(9)6-4-15(23,24)16(25,26)17(27,28)18(29,30)19(31,32)20(33,34)35;/h7-8H,2-6H2,1H3;1H. The highest BCUT2D eigenvalue weighted by Gasteiger charge is 2.90. The van der Waals surface area contributed by atoms with Crippen molar-refractivity contribution in [2.75, 3.05) is 0 Å². The molecule has 1 heterocycles. The predicted octanol–water partition coefficient (Wildman–Crippen LogP) is 4.54. The van der Waals surface area contributed by atoms with Crippen molar-refractivity contribution in [3.63, 3.8) is 0 Å². The van der Waals surface area contributed by atoms with Gasteiger partial charge in [-0.1, -0.05) is 23.2 Å². The highest BCUT2D eigenvalue weighted by atomic mass is 79.9. The number of benzene rings is 1. The summed E-state index contributed by atoms with van der Waals surface area (Å²) < 4.78 is 176. The number of alkyl halides is 13. The third-order valence-electron chi connectivity index (χ3n) is 5.80. The number of carboxylic acids is 1. The zero-order valence-electron chi connectivity index (χ0n) is 19.5. The van der Waals surface area contributed by atoms with E-state index >= 15 is 0 Å². The largest absolute Gasteiger partial charge is 1.00 e. The van der Waals surface area contributed by atoms with Crippen molar-refractivity contribution in [2.24, 2.45) is 0 Å². The van der Waals surface area contributed by atoms with E-state index in [1.807, 2.05) is 0 Å². The van der Waals surface area contributed by atoms with Gasteiger partial charge in [-0.3, -0.25) is 4.79 Å². The second-order valence-corrected chi connectivity index (χ2v) is 9.17. The Hall–Kier alpha value is -1.69. The molecule has 0 aliphatic heterocycles. The van der Waals surface area contributed by atoms with Crippen LogP contribution in [0.3, 0.4) is 0 Å². The molecule has 1 aromatic heterocycles. The van der Waals surface area contributed by atoms with E-state index in [9.17, 15) is 61.9 Å². The lowest BCUT2D eigenvalue weighted by atomic mass is 9.92. The summed E-state index contributed by atoms with van der Waals surface area (Å²) in [7, 11) is 0. The molecule has 1 N–H and O–H groups in total. The third kappa shape index (κ3) is 5.94. The van der Waals surface area contributed by atoms with Crippen LogP contribution in [-0.4, -0.2) is 51.4 Å². The van der Waals surface area contributed by atoms with E-state index in [1.54, 1.807) is 0 Å². The minimum Gasteiger partial charge on any atom is -1.00 e. The lowest BCUT2D eigenvalue weighted by molar-refractivity contribution is -0.678. The first-order chi connectivity index (χ1) is 17.3. The number of carbonyl (C=O) groups is 1. The minimum absolute atomic E-state index is 0. The van der Waals surface area contributed by atoms with Crippen LogP contribution in [0.1, 0.15) is 25.1 Å². The molecule has 230 valence electrons. The highest BCUT2D eigenvalue weighted by molar-refractivity contribution is 6.42. The van der Waals surface area contributed by atoms with Gasteiger partial charge in [0.1, 0.15) is 0 Å². The number of hydrogen-bond acceptors (Lipinski definition) is 1. The van der Waals surface area contributed by atoms with E-state index in [0.717, 1.165) is 10.6 Å². The number of nitrogens with zero attached hydrogens (tertiary/aromatic N) is 2. The maximum Gasteiger partial charge on any atom is 0.460 e. The third-order valence-corrected chi connectivity index (χ3v) is 6.52. The monoisotopic (exact) mass is 712 g/mol. The Labute approximate surface area is 236 Å². The molecule has 0 aliphatic rings. The Bertz CT molecular complexity index is 1250. The molecule has 1 aromatic carbocycles. The Morgan fingerprint density at radius 3 is 1.80 bits per heavy atom. The number of imidazole rings is 1. The van der Waals surface area contributed by atoms with Gasteiger partial charge in [-0.25, -0.2) is 9.13 Å². The molecule has 0 saturated carbocycles. The summed E-state index contributed by atoms with van der Waals surface area (Å²) in [5.41, 5.74) is -0.0684. The predicted molar refractivity (Wildman–Crippen MR) is 109 cm³/mol. The van der Waals surface area contributed by atoms with E-state index in [1.165, 1.54) is 17.6 Å². The fourth-order valence-corrected chi connectivity index (χ4v) is 3.93. The van der Waals surface area contributed by atoms with Crippen LogP contribution in [0.25, 0.3) is 11.0 Å². The van der Waals surface area contributed by atoms with Crippen LogP contribution in [-0.2, 0) is 17.9 Å². The van der Waals surface area contributed by atoms with Crippen molar-refractivity contribution in [2.45, 2.75) is 75.1 Å². The van der Waals surface area contributed by atoms with Crippen molar-refractivity contribution in [1.82, 2.24) is 4.57 Å². The Morgan fingerprint density at radius 2 is 1.32 bits per heavy atom. The molecule has 0 unspecified atom stereocenters. The van der Waals surface area contributed by atoms with Crippen LogP contribution in [0.4, 0.5) is 57.1 Å². The van der Waals surface area contributed by atoms with E-state index in [2.05, 4.69) is 0 Å². The van der Waals surface area contributed by atoms with Gasteiger partial charge in [-0.15, -0.1) is 0 Å². The van der Waals surface area contributed by atoms with E-state index in [0.29, 0.717) is 0 Å². The number of aryl methyl sites for hydroxylation is 2. The molecule has 0 amide bonds. The minimum atomic E-state index is -7.97. The van der Waals surface area contributed by atoms with Crippen molar-refractivity contribution in [3.05, 3.63) is 28.0 Å². The number of rotatable bonds is 11. The average molecular weight is 714 g/mol.